The molecule has 2 N–H and O–H groups in total. The molecule has 0 heterocycles. The molecule has 0 aromatic heterocycles. The third-order valence-corrected chi connectivity index (χ3v) is 4.48. The van der Waals surface area contributed by atoms with E-state index >= 15 is 0 Å². The number of carbonyl (C=O) groups excluding carboxylic acids is 2. The summed E-state index contributed by atoms with van der Waals surface area (Å²) >= 11 is 0. The van der Waals surface area contributed by atoms with Gasteiger partial charge in [-0.2, -0.15) is 13.2 Å². The van der Waals surface area contributed by atoms with E-state index in [0.717, 1.165) is 5.56 Å². The van der Waals surface area contributed by atoms with Crippen molar-refractivity contribution in [2.24, 2.45) is 11.8 Å². The molecule has 0 saturated heterocycles. The van der Waals surface area contributed by atoms with Crippen LogP contribution in [0.1, 0.15) is 31.2 Å². The van der Waals surface area contributed by atoms with Crippen LogP contribution in [0.4, 0.5) is 13.2 Å². The van der Waals surface area contributed by atoms with Crippen LogP contribution < -0.4 is 10.6 Å². The summed E-state index contributed by atoms with van der Waals surface area (Å²) in [5.74, 6) is -3.34. The minimum absolute atomic E-state index is 0.00932. The van der Waals surface area contributed by atoms with Crippen molar-refractivity contribution >= 4 is 11.8 Å². The fourth-order valence-electron chi connectivity index (χ4n) is 3.20. The van der Waals surface area contributed by atoms with Gasteiger partial charge in [-0.05, 0) is 18.4 Å². The van der Waals surface area contributed by atoms with Gasteiger partial charge >= 0.3 is 6.18 Å². The highest BCUT2D eigenvalue weighted by Gasteiger charge is 2.47. The maximum atomic E-state index is 13.0. The Morgan fingerprint density at radius 1 is 1.00 bits per heavy atom. The van der Waals surface area contributed by atoms with Crippen molar-refractivity contribution < 1.29 is 22.8 Å². The molecular formula is C18H23F3N2O2. The molecule has 2 rings (SSSR count). The predicted octanol–water partition coefficient (Wildman–Crippen LogP) is 2.83. The van der Waals surface area contributed by atoms with Crippen LogP contribution >= 0.6 is 0 Å². The van der Waals surface area contributed by atoms with Crippen molar-refractivity contribution in [3.63, 3.8) is 0 Å². The second-order valence-electron chi connectivity index (χ2n) is 6.34. The fourth-order valence-corrected chi connectivity index (χ4v) is 3.20. The summed E-state index contributed by atoms with van der Waals surface area (Å²) in [6.07, 6.45) is -2.70. The minimum atomic E-state index is -4.34. The maximum Gasteiger partial charge on any atom is 0.392 e. The lowest BCUT2D eigenvalue weighted by Crippen LogP contribution is -2.44. The Morgan fingerprint density at radius 2 is 1.64 bits per heavy atom. The van der Waals surface area contributed by atoms with Crippen LogP contribution in [0.25, 0.3) is 0 Å². The molecule has 0 spiro atoms. The molecular weight excluding hydrogens is 333 g/mol. The first kappa shape index (κ1) is 19.3. The standard InChI is InChI=1S/C18H23F3N2O2/c19-18(20,21)15-9-5-4-8-14(15)17(25)23-11-10-22-16(24)12-13-6-2-1-3-7-13/h1-3,6-7,14-15H,4-5,8-12H2,(H,22,24)(H,23,25). The van der Waals surface area contributed by atoms with E-state index in [1.807, 2.05) is 30.3 Å². The number of amides is 2. The van der Waals surface area contributed by atoms with Gasteiger partial charge in [-0.3, -0.25) is 9.59 Å². The molecule has 0 radical (unpaired) electrons. The lowest BCUT2D eigenvalue weighted by Gasteiger charge is -2.32. The summed E-state index contributed by atoms with van der Waals surface area (Å²) in [7, 11) is 0. The molecule has 1 aliphatic rings. The van der Waals surface area contributed by atoms with Crippen molar-refractivity contribution in [1.82, 2.24) is 10.6 Å². The largest absolute Gasteiger partial charge is 0.392 e. The van der Waals surface area contributed by atoms with Gasteiger partial charge in [0.15, 0.2) is 0 Å². The zero-order valence-corrected chi connectivity index (χ0v) is 13.9. The van der Waals surface area contributed by atoms with Gasteiger partial charge < -0.3 is 10.6 Å². The smallest absolute Gasteiger partial charge is 0.354 e. The minimum Gasteiger partial charge on any atom is -0.354 e. The highest BCUT2D eigenvalue weighted by atomic mass is 19.4. The molecule has 1 saturated carbocycles. The van der Waals surface area contributed by atoms with Crippen molar-refractivity contribution in [2.45, 2.75) is 38.3 Å². The normalized spacial score (nSPS) is 20.8. The molecule has 7 heteroatoms. The first-order valence-electron chi connectivity index (χ1n) is 8.53. The van der Waals surface area contributed by atoms with Gasteiger partial charge in [0, 0.05) is 19.0 Å². The quantitative estimate of drug-likeness (QED) is 0.770. The Morgan fingerprint density at radius 3 is 2.32 bits per heavy atom. The van der Waals surface area contributed by atoms with E-state index < -0.39 is 23.9 Å². The molecule has 1 aliphatic carbocycles. The van der Waals surface area contributed by atoms with E-state index in [4.69, 9.17) is 0 Å². The number of hydrogen-bond donors (Lipinski definition) is 2. The van der Waals surface area contributed by atoms with E-state index in [1.165, 1.54) is 0 Å². The second-order valence-corrected chi connectivity index (χ2v) is 6.34. The predicted molar refractivity (Wildman–Crippen MR) is 87.7 cm³/mol. The van der Waals surface area contributed by atoms with Crippen LogP contribution in [0, 0.1) is 11.8 Å². The monoisotopic (exact) mass is 356 g/mol. The maximum absolute atomic E-state index is 13.0. The van der Waals surface area contributed by atoms with Crippen LogP contribution in [-0.4, -0.2) is 31.1 Å². The van der Waals surface area contributed by atoms with Crippen LogP contribution in [0.3, 0.4) is 0 Å². The zero-order valence-electron chi connectivity index (χ0n) is 13.9. The van der Waals surface area contributed by atoms with Crippen LogP contribution in [0.15, 0.2) is 30.3 Å². The van der Waals surface area contributed by atoms with Crippen molar-refractivity contribution in [1.29, 1.82) is 0 Å². The third kappa shape index (κ3) is 6.07. The van der Waals surface area contributed by atoms with E-state index in [2.05, 4.69) is 10.6 Å². The number of carbonyl (C=O) groups is 2. The second kappa shape index (κ2) is 8.87. The number of rotatable bonds is 6. The van der Waals surface area contributed by atoms with E-state index in [9.17, 15) is 22.8 Å². The molecule has 25 heavy (non-hydrogen) atoms. The molecule has 1 fully saturated rings. The van der Waals surface area contributed by atoms with Crippen molar-refractivity contribution in [2.75, 3.05) is 13.1 Å². The summed E-state index contributed by atoms with van der Waals surface area (Å²) in [4.78, 5) is 23.8. The Hall–Kier alpha value is -2.05. The SMILES string of the molecule is O=C(Cc1ccccc1)NCCNC(=O)C1CCCCC1C(F)(F)F. The van der Waals surface area contributed by atoms with Crippen LogP contribution in [-0.2, 0) is 16.0 Å². The lowest BCUT2D eigenvalue weighted by molar-refractivity contribution is -0.198. The topological polar surface area (TPSA) is 58.2 Å². The summed E-state index contributed by atoms with van der Waals surface area (Å²) in [6, 6.07) is 9.20. The Kier molecular flexibility index (Phi) is 6.84. The van der Waals surface area contributed by atoms with Crippen molar-refractivity contribution in [3.05, 3.63) is 35.9 Å². The molecule has 2 unspecified atom stereocenters. The molecule has 1 aromatic carbocycles. The number of benzene rings is 1. The van der Waals surface area contributed by atoms with Crippen LogP contribution in [0.2, 0.25) is 0 Å². The van der Waals surface area contributed by atoms with Gasteiger partial charge in [0.1, 0.15) is 0 Å². The number of nitrogens with one attached hydrogen (secondary N) is 2. The van der Waals surface area contributed by atoms with Crippen molar-refractivity contribution in [3.8, 4) is 0 Å². The van der Waals surface area contributed by atoms with Gasteiger partial charge in [-0.15, -0.1) is 0 Å². The molecule has 1 aromatic rings. The van der Waals surface area contributed by atoms with Crippen LogP contribution in [0.5, 0.6) is 0 Å². The highest BCUT2D eigenvalue weighted by molar-refractivity contribution is 5.80. The Balaban J connectivity index is 1.71. The van der Waals surface area contributed by atoms with Gasteiger partial charge in [0.25, 0.3) is 0 Å². The van der Waals surface area contributed by atoms with E-state index in [1.54, 1.807) is 0 Å². The average Bonchev–Trinajstić information content (AvgIpc) is 2.58. The Bertz CT molecular complexity index is 575. The zero-order chi connectivity index (χ0) is 18.3. The fraction of sp³-hybridized carbons (Fsp3) is 0.556. The Labute approximate surface area is 145 Å². The molecule has 0 bridgehead atoms. The van der Waals surface area contributed by atoms with Gasteiger partial charge in [0.2, 0.25) is 11.8 Å². The lowest BCUT2D eigenvalue weighted by atomic mass is 9.78. The average molecular weight is 356 g/mol. The molecule has 4 nitrogen and oxygen atoms in total. The number of alkyl halides is 3. The number of hydrogen-bond acceptors (Lipinski definition) is 2. The van der Waals surface area contributed by atoms with E-state index in [0.29, 0.717) is 12.8 Å². The van der Waals surface area contributed by atoms with Gasteiger partial charge in [-0.1, -0.05) is 43.2 Å². The molecule has 2 atom stereocenters. The summed E-state index contributed by atoms with van der Waals surface area (Å²) < 4.78 is 39.0. The summed E-state index contributed by atoms with van der Waals surface area (Å²) in [6.45, 7) is 0.321. The third-order valence-electron chi connectivity index (χ3n) is 4.48. The summed E-state index contributed by atoms with van der Waals surface area (Å²) in [5, 5.41) is 5.18. The molecule has 2 amide bonds. The molecule has 0 aliphatic heterocycles. The van der Waals surface area contributed by atoms with Gasteiger partial charge in [0.05, 0.1) is 12.3 Å². The highest BCUT2D eigenvalue weighted by Crippen LogP contribution is 2.41. The van der Waals surface area contributed by atoms with E-state index in [-0.39, 0.29) is 38.3 Å². The van der Waals surface area contributed by atoms with Gasteiger partial charge in [-0.25, -0.2) is 0 Å². The molecule has 138 valence electrons. The number of halogens is 3. The first-order chi connectivity index (χ1) is 11.9. The summed E-state index contributed by atoms with van der Waals surface area (Å²) in [5.41, 5.74) is 0.874. The first-order valence-corrected chi connectivity index (χ1v) is 8.53.